The number of nitrogens with one attached hydrogen (secondary N) is 1. The number of rotatable bonds is 5. The highest BCUT2D eigenvalue weighted by Crippen LogP contribution is 2.22. The lowest BCUT2D eigenvalue weighted by Crippen LogP contribution is -2.27. The molecule has 0 bridgehead atoms. The summed E-state index contributed by atoms with van der Waals surface area (Å²) in [5.41, 5.74) is 3.07. The van der Waals surface area contributed by atoms with Crippen molar-refractivity contribution in [1.82, 2.24) is 24.9 Å². The van der Waals surface area contributed by atoms with Gasteiger partial charge in [0.1, 0.15) is 5.56 Å². The summed E-state index contributed by atoms with van der Waals surface area (Å²) in [5.74, 6) is 0.252. The maximum Gasteiger partial charge on any atom is 0.259 e. The first kappa shape index (κ1) is 16.8. The molecule has 0 aliphatic carbocycles. The fraction of sp³-hybridized carbons (Fsp3) is 0.278. The van der Waals surface area contributed by atoms with Gasteiger partial charge in [0.15, 0.2) is 0 Å². The summed E-state index contributed by atoms with van der Waals surface area (Å²) in [6.45, 7) is 3.74. The number of aryl methyl sites for hydroxylation is 2. The monoisotopic (exact) mass is 339 g/mol. The molecule has 0 aliphatic heterocycles. The van der Waals surface area contributed by atoms with Gasteiger partial charge >= 0.3 is 0 Å². The van der Waals surface area contributed by atoms with E-state index in [9.17, 15) is 4.79 Å². The molecule has 0 spiro atoms. The molecule has 1 N–H and O–H groups in total. The van der Waals surface area contributed by atoms with Gasteiger partial charge in [0.25, 0.3) is 5.91 Å². The number of benzene rings is 1. The highest BCUT2D eigenvalue weighted by atomic mass is 16.5. The summed E-state index contributed by atoms with van der Waals surface area (Å²) in [7, 11) is 3.28. The number of carbonyl (C=O) groups excluding carboxylic acids is 1. The number of aromatic nitrogens is 4. The lowest BCUT2D eigenvalue weighted by atomic mass is 10.1. The number of nitrogens with zero attached hydrogens (tertiary/aromatic N) is 4. The first-order valence-electron chi connectivity index (χ1n) is 7.99. The van der Waals surface area contributed by atoms with Gasteiger partial charge in [-0.1, -0.05) is 12.1 Å². The smallest absolute Gasteiger partial charge is 0.259 e. The molecule has 7 nitrogen and oxygen atoms in total. The Morgan fingerprint density at radius 1 is 1.28 bits per heavy atom. The van der Waals surface area contributed by atoms with E-state index in [-0.39, 0.29) is 11.9 Å². The average Bonchev–Trinajstić information content (AvgIpc) is 3.22. The second-order valence-electron chi connectivity index (χ2n) is 5.83. The van der Waals surface area contributed by atoms with Crippen molar-refractivity contribution < 1.29 is 9.53 Å². The Balaban J connectivity index is 1.76. The fourth-order valence-corrected chi connectivity index (χ4v) is 2.82. The van der Waals surface area contributed by atoms with E-state index in [1.165, 1.54) is 7.11 Å². The lowest BCUT2D eigenvalue weighted by Gasteiger charge is -2.15. The van der Waals surface area contributed by atoms with Crippen molar-refractivity contribution in [1.29, 1.82) is 0 Å². The largest absolute Gasteiger partial charge is 0.481 e. The molecule has 25 heavy (non-hydrogen) atoms. The zero-order valence-electron chi connectivity index (χ0n) is 14.7. The average molecular weight is 339 g/mol. The lowest BCUT2D eigenvalue weighted by molar-refractivity contribution is 0.0936. The summed E-state index contributed by atoms with van der Waals surface area (Å²) in [4.78, 5) is 12.6. The Morgan fingerprint density at radius 3 is 2.60 bits per heavy atom. The molecule has 1 atom stereocenters. The maximum atomic E-state index is 12.6. The molecule has 130 valence electrons. The summed E-state index contributed by atoms with van der Waals surface area (Å²) < 4.78 is 8.64. The van der Waals surface area contributed by atoms with Gasteiger partial charge in [0.2, 0.25) is 5.88 Å². The van der Waals surface area contributed by atoms with Crippen molar-refractivity contribution in [3.05, 3.63) is 59.5 Å². The van der Waals surface area contributed by atoms with Crippen molar-refractivity contribution in [2.24, 2.45) is 7.05 Å². The van der Waals surface area contributed by atoms with Crippen molar-refractivity contribution in [3.8, 4) is 11.6 Å². The highest BCUT2D eigenvalue weighted by Gasteiger charge is 2.22. The van der Waals surface area contributed by atoms with E-state index in [1.807, 2.05) is 43.5 Å². The second-order valence-corrected chi connectivity index (χ2v) is 5.83. The minimum absolute atomic E-state index is 0.150. The van der Waals surface area contributed by atoms with E-state index in [1.54, 1.807) is 29.5 Å². The zero-order chi connectivity index (χ0) is 18.0. The van der Waals surface area contributed by atoms with Gasteiger partial charge in [-0.25, -0.2) is 9.36 Å². The molecule has 7 heteroatoms. The minimum atomic E-state index is -0.203. The maximum absolute atomic E-state index is 12.6. The molecule has 1 amide bonds. The number of ether oxygens (including phenoxy) is 1. The van der Waals surface area contributed by atoms with E-state index in [0.717, 1.165) is 11.3 Å². The standard InChI is InChI=1S/C18H21N5O2/c1-12(14-6-8-15(9-7-14)23-11-5-10-19-23)20-17(24)16-13(2)21-22(3)18(16)25-4/h5-12H,1-4H3,(H,20,24)/t12-/m1/s1. The third-order valence-corrected chi connectivity index (χ3v) is 4.10. The molecule has 0 saturated heterocycles. The van der Waals surface area contributed by atoms with Gasteiger partial charge in [-0.15, -0.1) is 0 Å². The third-order valence-electron chi connectivity index (χ3n) is 4.10. The van der Waals surface area contributed by atoms with E-state index >= 15 is 0 Å². The number of carbonyl (C=O) groups is 1. The highest BCUT2D eigenvalue weighted by molar-refractivity contribution is 5.97. The molecular weight excluding hydrogens is 318 g/mol. The Bertz CT molecular complexity index is 866. The van der Waals surface area contributed by atoms with Gasteiger partial charge in [0, 0.05) is 19.4 Å². The van der Waals surface area contributed by atoms with Crippen LogP contribution in [0.5, 0.6) is 5.88 Å². The van der Waals surface area contributed by atoms with Crippen molar-refractivity contribution in [2.75, 3.05) is 7.11 Å². The van der Waals surface area contributed by atoms with Crippen LogP contribution >= 0.6 is 0 Å². The van der Waals surface area contributed by atoms with Crippen LogP contribution in [0.3, 0.4) is 0 Å². The number of hydrogen-bond acceptors (Lipinski definition) is 4. The van der Waals surface area contributed by atoms with Crippen LogP contribution in [0.2, 0.25) is 0 Å². The minimum Gasteiger partial charge on any atom is -0.481 e. The Hall–Kier alpha value is -3.09. The molecule has 2 aromatic heterocycles. The number of amides is 1. The van der Waals surface area contributed by atoms with Gasteiger partial charge < -0.3 is 10.1 Å². The summed E-state index contributed by atoms with van der Waals surface area (Å²) in [6.07, 6.45) is 3.62. The van der Waals surface area contributed by atoms with E-state index in [2.05, 4.69) is 15.5 Å². The van der Waals surface area contributed by atoms with Gasteiger partial charge in [-0.2, -0.15) is 10.2 Å². The molecular formula is C18H21N5O2. The van der Waals surface area contributed by atoms with Crippen LogP contribution in [-0.4, -0.2) is 32.6 Å². The van der Waals surface area contributed by atoms with Crippen molar-refractivity contribution >= 4 is 5.91 Å². The Labute approximate surface area is 146 Å². The van der Waals surface area contributed by atoms with Crippen molar-refractivity contribution in [2.45, 2.75) is 19.9 Å². The molecule has 3 rings (SSSR count). The zero-order valence-corrected chi connectivity index (χ0v) is 14.7. The van der Waals surface area contributed by atoms with Crippen LogP contribution in [0.1, 0.15) is 34.6 Å². The van der Waals surface area contributed by atoms with Gasteiger partial charge in [0.05, 0.1) is 24.5 Å². The third kappa shape index (κ3) is 3.26. The normalized spacial score (nSPS) is 12.0. The molecule has 0 fully saturated rings. The van der Waals surface area contributed by atoms with Crippen LogP contribution in [0.4, 0.5) is 0 Å². The Kier molecular flexibility index (Phi) is 4.56. The van der Waals surface area contributed by atoms with Crippen LogP contribution in [0.15, 0.2) is 42.7 Å². The fourth-order valence-electron chi connectivity index (χ4n) is 2.82. The second kappa shape index (κ2) is 6.80. The molecule has 0 radical (unpaired) electrons. The molecule has 0 aliphatic rings. The molecule has 0 saturated carbocycles. The van der Waals surface area contributed by atoms with Gasteiger partial charge in [-0.3, -0.25) is 4.79 Å². The molecule has 3 aromatic rings. The molecule has 2 heterocycles. The predicted octanol–water partition coefficient (Wildman–Crippen LogP) is 2.41. The number of methoxy groups -OCH3 is 1. The van der Waals surface area contributed by atoms with E-state index < -0.39 is 0 Å². The summed E-state index contributed by atoms with van der Waals surface area (Å²) >= 11 is 0. The predicted molar refractivity (Wildman–Crippen MR) is 93.9 cm³/mol. The van der Waals surface area contributed by atoms with E-state index in [4.69, 9.17) is 4.74 Å². The molecule has 1 aromatic carbocycles. The topological polar surface area (TPSA) is 74.0 Å². The SMILES string of the molecule is COc1c(C(=O)N[C@H](C)c2ccc(-n3cccn3)cc2)c(C)nn1C. The van der Waals surface area contributed by atoms with Crippen molar-refractivity contribution in [3.63, 3.8) is 0 Å². The first-order valence-corrected chi connectivity index (χ1v) is 7.99. The Morgan fingerprint density at radius 2 is 2.00 bits per heavy atom. The van der Waals surface area contributed by atoms with E-state index in [0.29, 0.717) is 17.1 Å². The summed E-state index contributed by atoms with van der Waals surface area (Å²) in [5, 5.41) is 11.4. The van der Waals surface area contributed by atoms with Gasteiger partial charge in [-0.05, 0) is 37.6 Å². The molecule has 0 unspecified atom stereocenters. The number of hydrogen-bond donors (Lipinski definition) is 1. The first-order chi connectivity index (χ1) is 12.0. The summed E-state index contributed by atoms with van der Waals surface area (Å²) in [6, 6.07) is 9.63. The van der Waals surface area contributed by atoms with Crippen LogP contribution in [0.25, 0.3) is 5.69 Å². The van der Waals surface area contributed by atoms with Crippen LogP contribution in [-0.2, 0) is 7.05 Å². The quantitative estimate of drug-likeness (QED) is 0.775. The van der Waals surface area contributed by atoms with Crippen LogP contribution in [0, 0.1) is 6.92 Å². The van der Waals surface area contributed by atoms with Crippen LogP contribution < -0.4 is 10.1 Å².